The molecule has 162 valence electrons. The summed E-state index contributed by atoms with van der Waals surface area (Å²) in [6, 6.07) is -0.654. The van der Waals surface area contributed by atoms with E-state index in [1.54, 1.807) is 34.6 Å². The highest BCUT2D eigenvalue weighted by Gasteiger charge is 2.74. The molecule has 8 heteroatoms. The number of thioether (sulfide) groups is 1. The molecule has 3 fully saturated rings. The minimum absolute atomic E-state index is 0.0187. The summed E-state index contributed by atoms with van der Waals surface area (Å²) in [4.78, 5) is 43.3. The van der Waals surface area contributed by atoms with E-state index in [0.29, 0.717) is 19.5 Å². The van der Waals surface area contributed by atoms with Crippen LogP contribution in [0.4, 0.5) is 0 Å². The lowest BCUT2D eigenvalue weighted by Crippen LogP contribution is -2.56. The molecule has 3 aliphatic rings. The predicted octanol–water partition coefficient (Wildman–Crippen LogP) is 1.45. The highest BCUT2D eigenvalue weighted by atomic mass is 32.2. The summed E-state index contributed by atoms with van der Waals surface area (Å²) < 4.78 is 4.70. The van der Waals surface area contributed by atoms with Crippen LogP contribution in [0.5, 0.6) is 0 Å². The standard InChI is InChI=1S/C21H32N2O5S/c1-5-10-22(13(3)4)19(26)17-21-9-8-14(29-21)15(20(27)28-6-2)16(21)18(25)23(17)11-7-12-24/h5,13-17,24H,1,6-12H2,2-4H3/t14-,15+,16-,17?,21?/m0/s1. The number of hydrogen-bond acceptors (Lipinski definition) is 6. The molecule has 1 N–H and O–H groups in total. The minimum Gasteiger partial charge on any atom is -0.466 e. The topological polar surface area (TPSA) is 87.2 Å². The van der Waals surface area contributed by atoms with Crippen LogP contribution in [0.3, 0.4) is 0 Å². The summed E-state index contributed by atoms with van der Waals surface area (Å²) in [5.41, 5.74) is 0. The Kier molecular flexibility index (Phi) is 6.63. The van der Waals surface area contributed by atoms with Crippen molar-refractivity contribution >= 4 is 29.5 Å². The van der Waals surface area contributed by atoms with Gasteiger partial charge in [0.1, 0.15) is 6.04 Å². The van der Waals surface area contributed by atoms with E-state index in [4.69, 9.17) is 4.74 Å². The Hall–Kier alpha value is -1.54. The van der Waals surface area contributed by atoms with Gasteiger partial charge in [-0.05, 0) is 40.0 Å². The van der Waals surface area contributed by atoms with Crippen molar-refractivity contribution in [3.8, 4) is 0 Å². The lowest BCUT2D eigenvalue weighted by molar-refractivity contribution is -0.153. The van der Waals surface area contributed by atoms with Crippen LogP contribution in [0, 0.1) is 11.8 Å². The second-order valence-corrected chi connectivity index (χ2v) is 9.89. The van der Waals surface area contributed by atoms with Gasteiger partial charge in [-0.25, -0.2) is 0 Å². The monoisotopic (exact) mass is 424 g/mol. The van der Waals surface area contributed by atoms with Crippen LogP contribution < -0.4 is 0 Å². The van der Waals surface area contributed by atoms with E-state index in [-0.39, 0.29) is 42.3 Å². The molecule has 0 saturated carbocycles. The van der Waals surface area contributed by atoms with E-state index < -0.39 is 22.6 Å². The molecule has 0 aliphatic carbocycles. The number of likely N-dealkylation sites (tertiary alicyclic amines) is 1. The molecule has 2 unspecified atom stereocenters. The van der Waals surface area contributed by atoms with Gasteiger partial charge < -0.3 is 19.6 Å². The lowest BCUT2D eigenvalue weighted by Gasteiger charge is -2.38. The van der Waals surface area contributed by atoms with Crippen molar-refractivity contribution in [2.24, 2.45) is 11.8 Å². The second kappa shape index (κ2) is 8.68. The van der Waals surface area contributed by atoms with Crippen molar-refractivity contribution in [3.05, 3.63) is 12.7 Å². The Labute approximate surface area is 176 Å². The van der Waals surface area contributed by atoms with Gasteiger partial charge in [0, 0.05) is 31.0 Å². The van der Waals surface area contributed by atoms with Crippen molar-refractivity contribution in [3.63, 3.8) is 0 Å². The van der Waals surface area contributed by atoms with E-state index in [1.807, 2.05) is 13.8 Å². The molecular weight excluding hydrogens is 392 g/mol. The molecule has 0 radical (unpaired) electrons. The maximum absolute atomic E-state index is 13.7. The first-order valence-corrected chi connectivity index (χ1v) is 11.4. The van der Waals surface area contributed by atoms with Crippen LogP contribution in [0.25, 0.3) is 0 Å². The van der Waals surface area contributed by atoms with E-state index >= 15 is 0 Å². The molecule has 29 heavy (non-hydrogen) atoms. The molecule has 2 amide bonds. The Morgan fingerprint density at radius 2 is 2.21 bits per heavy atom. The van der Waals surface area contributed by atoms with Crippen LogP contribution in [0.2, 0.25) is 0 Å². The average Bonchev–Trinajstić information content (AvgIpc) is 3.31. The molecule has 2 bridgehead atoms. The van der Waals surface area contributed by atoms with Crippen LogP contribution >= 0.6 is 11.8 Å². The number of esters is 1. The number of hydrogen-bond donors (Lipinski definition) is 1. The highest BCUT2D eigenvalue weighted by Crippen LogP contribution is 2.66. The number of ether oxygens (including phenoxy) is 1. The van der Waals surface area contributed by atoms with Crippen LogP contribution in [-0.4, -0.2) is 81.1 Å². The van der Waals surface area contributed by atoms with Gasteiger partial charge in [0.15, 0.2) is 0 Å². The molecule has 3 rings (SSSR count). The van der Waals surface area contributed by atoms with Gasteiger partial charge in [-0.1, -0.05) is 6.08 Å². The maximum atomic E-state index is 13.7. The Balaban J connectivity index is 2.01. The van der Waals surface area contributed by atoms with Crippen molar-refractivity contribution in [2.45, 2.75) is 62.1 Å². The third kappa shape index (κ3) is 3.48. The number of carbonyl (C=O) groups is 3. The molecule has 1 spiro atoms. The number of amides is 2. The molecule has 0 aromatic rings. The summed E-state index contributed by atoms with van der Waals surface area (Å²) in [7, 11) is 0. The number of nitrogens with zero attached hydrogens (tertiary/aromatic N) is 2. The first-order valence-electron chi connectivity index (χ1n) is 10.5. The van der Waals surface area contributed by atoms with Gasteiger partial charge in [-0.2, -0.15) is 0 Å². The number of aliphatic hydroxyl groups excluding tert-OH is 1. The smallest absolute Gasteiger partial charge is 0.310 e. The van der Waals surface area contributed by atoms with Gasteiger partial charge in [0.2, 0.25) is 11.8 Å². The van der Waals surface area contributed by atoms with Crippen molar-refractivity contribution in [2.75, 3.05) is 26.3 Å². The normalized spacial score (nSPS) is 32.6. The lowest BCUT2D eigenvalue weighted by atomic mass is 9.71. The summed E-state index contributed by atoms with van der Waals surface area (Å²) in [6.45, 7) is 10.4. The van der Waals surface area contributed by atoms with E-state index in [9.17, 15) is 19.5 Å². The third-order valence-corrected chi connectivity index (χ3v) is 8.33. The summed E-state index contributed by atoms with van der Waals surface area (Å²) >= 11 is 1.64. The summed E-state index contributed by atoms with van der Waals surface area (Å²) in [5, 5.41) is 9.35. The molecular formula is C21H32N2O5S. The van der Waals surface area contributed by atoms with Gasteiger partial charge in [0.05, 0.1) is 23.2 Å². The zero-order valence-corrected chi connectivity index (χ0v) is 18.3. The van der Waals surface area contributed by atoms with Gasteiger partial charge in [-0.3, -0.25) is 14.4 Å². The second-order valence-electron chi connectivity index (χ2n) is 8.29. The van der Waals surface area contributed by atoms with Gasteiger partial charge >= 0.3 is 5.97 Å². The fourth-order valence-electron chi connectivity index (χ4n) is 5.27. The van der Waals surface area contributed by atoms with E-state index in [1.165, 1.54) is 0 Å². The van der Waals surface area contributed by atoms with Crippen molar-refractivity contribution < 1.29 is 24.2 Å². The van der Waals surface area contributed by atoms with E-state index in [0.717, 1.165) is 12.8 Å². The third-order valence-electron chi connectivity index (χ3n) is 6.38. The largest absolute Gasteiger partial charge is 0.466 e. The Morgan fingerprint density at radius 3 is 2.79 bits per heavy atom. The van der Waals surface area contributed by atoms with Crippen LogP contribution in [0.15, 0.2) is 12.7 Å². The van der Waals surface area contributed by atoms with E-state index in [2.05, 4.69) is 6.58 Å². The fourth-order valence-corrected chi connectivity index (χ4v) is 7.47. The first kappa shape index (κ1) is 22.2. The highest BCUT2D eigenvalue weighted by molar-refractivity contribution is 8.02. The maximum Gasteiger partial charge on any atom is 0.310 e. The Bertz CT molecular complexity index is 684. The quantitative estimate of drug-likeness (QED) is 0.445. The zero-order chi connectivity index (χ0) is 21.3. The van der Waals surface area contributed by atoms with Crippen molar-refractivity contribution in [1.82, 2.24) is 9.80 Å². The van der Waals surface area contributed by atoms with Gasteiger partial charge in [-0.15, -0.1) is 18.3 Å². The Morgan fingerprint density at radius 1 is 1.48 bits per heavy atom. The predicted molar refractivity (Wildman–Crippen MR) is 111 cm³/mol. The van der Waals surface area contributed by atoms with Crippen molar-refractivity contribution in [1.29, 1.82) is 0 Å². The number of fused-ring (bicyclic) bond motifs is 1. The molecule has 3 saturated heterocycles. The molecule has 7 nitrogen and oxygen atoms in total. The number of carbonyl (C=O) groups excluding carboxylic acids is 3. The van der Waals surface area contributed by atoms with Gasteiger partial charge in [0.25, 0.3) is 0 Å². The SMILES string of the molecule is C=CCN(C(=O)C1N(CCCO)C(=O)[C@@H]2[C@H](C(=O)OCC)[C@@H]3CCC12S3)C(C)C. The average molecular weight is 425 g/mol. The first-order chi connectivity index (χ1) is 13.8. The number of rotatable bonds is 9. The summed E-state index contributed by atoms with van der Waals surface area (Å²) in [6.07, 6.45) is 3.64. The molecule has 3 aliphatic heterocycles. The molecule has 3 heterocycles. The number of aliphatic hydroxyl groups is 1. The fraction of sp³-hybridized carbons (Fsp3) is 0.762. The van der Waals surface area contributed by atoms with Crippen LogP contribution in [0.1, 0.15) is 40.0 Å². The molecule has 0 aromatic heterocycles. The summed E-state index contributed by atoms with van der Waals surface area (Å²) in [5.74, 6) is -1.59. The zero-order valence-electron chi connectivity index (χ0n) is 17.5. The molecule has 5 atom stereocenters. The minimum atomic E-state index is -0.622. The molecule has 0 aromatic carbocycles. The van der Waals surface area contributed by atoms with Crippen LogP contribution in [-0.2, 0) is 19.1 Å².